The molecule has 1 fully saturated rings. The van der Waals surface area contributed by atoms with Crippen LogP contribution in [0, 0.1) is 11.6 Å². The summed E-state index contributed by atoms with van der Waals surface area (Å²) in [7, 11) is 1.48. The molecule has 1 aromatic rings. The molecule has 1 spiro atoms. The van der Waals surface area contributed by atoms with Gasteiger partial charge in [0.05, 0.1) is 12.3 Å². The highest BCUT2D eigenvalue weighted by atomic mass is 19.1. The van der Waals surface area contributed by atoms with Gasteiger partial charge in [-0.05, 0) is 25.7 Å². The lowest BCUT2D eigenvalue weighted by molar-refractivity contribution is 0.141. The molecule has 0 saturated heterocycles. The maximum absolute atomic E-state index is 14.5. The minimum absolute atomic E-state index is 0.0434. The first kappa shape index (κ1) is 18.4. The highest BCUT2D eigenvalue weighted by Gasteiger charge is 2.43. The van der Waals surface area contributed by atoms with Crippen LogP contribution in [0.5, 0.6) is 5.75 Å². The molecule has 1 aliphatic heterocycles. The van der Waals surface area contributed by atoms with Crippen LogP contribution >= 0.6 is 0 Å². The van der Waals surface area contributed by atoms with Crippen LogP contribution in [0.2, 0.25) is 0 Å². The van der Waals surface area contributed by atoms with Crippen LogP contribution in [0.25, 0.3) is 0 Å². The summed E-state index contributed by atoms with van der Waals surface area (Å²) in [6, 6.07) is 2.36. The summed E-state index contributed by atoms with van der Waals surface area (Å²) in [5, 5.41) is 0. The summed E-state index contributed by atoms with van der Waals surface area (Å²) in [4.78, 5) is 10.0. The number of aliphatic imine (C=N–C) groups is 2. The molecule has 7 nitrogen and oxygen atoms in total. The Morgan fingerprint density at radius 3 is 2.38 bits per heavy atom. The molecule has 3 rings (SSSR count). The summed E-state index contributed by atoms with van der Waals surface area (Å²) in [5.41, 5.74) is 11.3. The van der Waals surface area contributed by atoms with Gasteiger partial charge in [0.2, 0.25) is 11.9 Å². The van der Waals surface area contributed by atoms with Crippen molar-refractivity contribution in [3.8, 4) is 5.75 Å². The number of anilines is 1. The van der Waals surface area contributed by atoms with Crippen LogP contribution in [0.1, 0.15) is 32.1 Å². The average Bonchev–Trinajstić information content (AvgIpc) is 2.57. The van der Waals surface area contributed by atoms with Crippen molar-refractivity contribution >= 4 is 17.6 Å². The number of hydrogen-bond acceptors (Lipinski definition) is 7. The number of rotatable bonds is 5. The summed E-state index contributed by atoms with van der Waals surface area (Å²) in [6.45, 7) is 0.269. The van der Waals surface area contributed by atoms with Crippen LogP contribution < -0.4 is 21.1 Å². The minimum Gasteiger partial charge on any atom is -0.485 e. The summed E-state index contributed by atoms with van der Waals surface area (Å²) in [6.07, 6.45) is 4.27. The van der Waals surface area contributed by atoms with Gasteiger partial charge in [0, 0.05) is 19.2 Å². The lowest BCUT2D eigenvalue weighted by Crippen LogP contribution is -2.58. The molecule has 26 heavy (non-hydrogen) atoms. The van der Waals surface area contributed by atoms with Crippen molar-refractivity contribution in [2.24, 2.45) is 21.5 Å². The smallest absolute Gasteiger partial charge is 0.220 e. The standard InChI is InChI=1S/C17H23F2N5O2/c1-25-7-8-26-14-12(18)9-11(10-13(14)19)24-16(21)22-15(20)23-17(24)5-3-2-4-6-17/h9-10H,2-8H2,1H3,(H4,20,21,22,23). The van der Waals surface area contributed by atoms with E-state index in [-0.39, 0.29) is 30.8 Å². The molecule has 0 amide bonds. The van der Waals surface area contributed by atoms with E-state index in [1.165, 1.54) is 19.2 Å². The number of halogens is 2. The number of benzene rings is 1. The molecule has 1 heterocycles. The number of ether oxygens (including phenoxy) is 2. The fourth-order valence-corrected chi connectivity index (χ4v) is 3.54. The molecular formula is C17H23F2N5O2. The van der Waals surface area contributed by atoms with Gasteiger partial charge < -0.3 is 20.9 Å². The van der Waals surface area contributed by atoms with E-state index < -0.39 is 23.0 Å². The van der Waals surface area contributed by atoms with Crippen molar-refractivity contribution in [3.63, 3.8) is 0 Å². The molecule has 0 radical (unpaired) electrons. The predicted octanol–water partition coefficient (Wildman–Crippen LogP) is 2.10. The second-order valence-corrected chi connectivity index (χ2v) is 6.40. The van der Waals surface area contributed by atoms with Crippen LogP contribution in [-0.2, 0) is 4.74 Å². The summed E-state index contributed by atoms with van der Waals surface area (Å²) >= 11 is 0. The zero-order chi connectivity index (χ0) is 18.7. The molecule has 0 bridgehead atoms. The van der Waals surface area contributed by atoms with Crippen LogP contribution in [0.4, 0.5) is 14.5 Å². The van der Waals surface area contributed by atoms with Gasteiger partial charge in [-0.15, -0.1) is 0 Å². The molecule has 9 heteroatoms. The lowest BCUT2D eigenvalue weighted by atomic mass is 9.87. The van der Waals surface area contributed by atoms with Crippen molar-refractivity contribution in [2.45, 2.75) is 37.8 Å². The second-order valence-electron chi connectivity index (χ2n) is 6.40. The van der Waals surface area contributed by atoms with Gasteiger partial charge in [-0.25, -0.2) is 13.8 Å². The van der Waals surface area contributed by atoms with Gasteiger partial charge in [0.1, 0.15) is 12.3 Å². The predicted molar refractivity (Wildman–Crippen MR) is 95.3 cm³/mol. The first-order valence-corrected chi connectivity index (χ1v) is 8.57. The van der Waals surface area contributed by atoms with E-state index in [4.69, 9.17) is 20.9 Å². The Morgan fingerprint density at radius 2 is 1.77 bits per heavy atom. The second kappa shape index (κ2) is 7.45. The molecule has 1 aliphatic carbocycles. The fraction of sp³-hybridized carbons (Fsp3) is 0.529. The van der Waals surface area contributed by atoms with E-state index in [1.54, 1.807) is 4.90 Å². The van der Waals surface area contributed by atoms with E-state index in [0.29, 0.717) is 12.8 Å². The number of guanidine groups is 2. The first-order chi connectivity index (χ1) is 12.5. The van der Waals surface area contributed by atoms with Crippen LogP contribution in [0.3, 0.4) is 0 Å². The maximum atomic E-state index is 14.5. The number of nitrogens with zero attached hydrogens (tertiary/aromatic N) is 3. The zero-order valence-electron chi connectivity index (χ0n) is 14.7. The van der Waals surface area contributed by atoms with Crippen molar-refractivity contribution < 1.29 is 18.3 Å². The first-order valence-electron chi connectivity index (χ1n) is 8.57. The van der Waals surface area contributed by atoms with Gasteiger partial charge in [-0.2, -0.15) is 4.99 Å². The Kier molecular flexibility index (Phi) is 5.26. The van der Waals surface area contributed by atoms with Gasteiger partial charge >= 0.3 is 0 Å². The minimum atomic E-state index is -0.822. The normalized spacial score (nSPS) is 19.3. The van der Waals surface area contributed by atoms with E-state index >= 15 is 0 Å². The number of methoxy groups -OCH3 is 1. The molecule has 142 valence electrons. The molecule has 0 unspecified atom stereocenters. The largest absolute Gasteiger partial charge is 0.485 e. The lowest BCUT2D eigenvalue weighted by Gasteiger charge is -2.45. The molecule has 2 aliphatic rings. The highest BCUT2D eigenvalue weighted by molar-refractivity contribution is 6.05. The molecule has 1 saturated carbocycles. The molecular weight excluding hydrogens is 344 g/mol. The van der Waals surface area contributed by atoms with Crippen molar-refractivity contribution in [1.29, 1.82) is 0 Å². The van der Waals surface area contributed by atoms with Gasteiger partial charge in [0.15, 0.2) is 17.4 Å². The maximum Gasteiger partial charge on any atom is 0.220 e. The summed E-state index contributed by atoms with van der Waals surface area (Å²) in [5.74, 6) is -1.93. The SMILES string of the molecule is COCCOc1c(F)cc(N2C(N)=NC(N)=NC23CCCCC3)cc1F. The third-order valence-corrected chi connectivity index (χ3v) is 4.63. The highest BCUT2D eigenvalue weighted by Crippen LogP contribution is 2.40. The van der Waals surface area contributed by atoms with E-state index in [1.807, 2.05) is 0 Å². The molecule has 4 N–H and O–H groups in total. The van der Waals surface area contributed by atoms with Gasteiger partial charge in [0.25, 0.3) is 0 Å². The Balaban J connectivity index is 1.97. The van der Waals surface area contributed by atoms with Crippen molar-refractivity contribution in [2.75, 3.05) is 25.2 Å². The third kappa shape index (κ3) is 3.44. The van der Waals surface area contributed by atoms with E-state index in [0.717, 1.165) is 19.3 Å². The van der Waals surface area contributed by atoms with Gasteiger partial charge in [-0.1, -0.05) is 6.42 Å². The number of hydrogen-bond donors (Lipinski definition) is 2. The van der Waals surface area contributed by atoms with E-state index in [9.17, 15) is 8.78 Å². The van der Waals surface area contributed by atoms with Crippen LogP contribution in [0.15, 0.2) is 22.1 Å². The average molecular weight is 367 g/mol. The van der Waals surface area contributed by atoms with Crippen LogP contribution in [-0.4, -0.2) is 37.9 Å². The topological polar surface area (TPSA) is 98.5 Å². The quantitative estimate of drug-likeness (QED) is 0.777. The zero-order valence-corrected chi connectivity index (χ0v) is 14.7. The van der Waals surface area contributed by atoms with E-state index in [2.05, 4.69) is 9.98 Å². The molecule has 0 atom stereocenters. The number of nitrogens with two attached hydrogens (primary N) is 2. The van der Waals surface area contributed by atoms with Crippen molar-refractivity contribution in [3.05, 3.63) is 23.8 Å². The monoisotopic (exact) mass is 367 g/mol. The van der Waals surface area contributed by atoms with Gasteiger partial charge in [-0.3, -0.25) is 4.90 Å². The fourth-order valence-electron chi connectivity index (χ4n) is 3.54. The molecule has 1 aromatic carbocycles. The Morgan fingerprint density at radius 1 is 1.12 bits per heavy atom. The summed E-state index contributed by atoms with van der Waals surface area (Å²) < 4.78 is 38.9. The Hall–Kier alpha value is -2.42. The molecule has 0 aromatic heterocycles. The third-order valence-electron chi connectivity index (χ3n) is 4.63. The van der Waals surface area contributed by atoms with Crippen molar-refractivity contribution in [1.82, 2.24) is 0 Å². The Bertz CT molecular complexity index is 709. The Labute approximate surface area is 150 Å².